The van der Waals surface area contributed by atoms with Gasteiger partial charge in [0, 0.05) is 5.92 Å². The molecule has 0 spiro atoms. The molecule has 3 saturated carbocycles. The van der Waals surface area contributed by atoms with Crippen molar-refractivity contribution in [1.29, 1.82) is 0 Å². The van der Waals surface area contributed by atoms with E-state index < -0.39 is 17.9 Å². The molecule has 3 fully saturated rings. The maximum atomic E-state index is 13.8. The van der Waals surface area contributed by atoms with Crippen molar-refractivity contribution in [3.8, 4) is 0 Å². The third-order valence-corrected chi connectivity index (χ3v) is 8.01. The molecule has 178 valence electrons. The number of hydrogen-bond acceptors (Lipinski definition) is 2. The highest BCUT2D eigenvalue weighted by atomic mass is 19.4. The van der Waals surface area contributed by atoms with E-state index in [9.17, 15) is 22.4 Å². The number of hydrogen-bond donors (Lipinski definition) is 0. The summed E-state index contributed by atoms with van der Waals surface area (Å²) in [6.45, 7) is 2.21. The maximum absolute atomic E-state index is 13.8. The fraction of sp³-hybridized carbons (Fsp3) is 0.880. The Balaban J connectivity index is 1.36. The van der Waals surface area contributed by atoms with Crippen LogP contribution in [0.15, 0.2) is 11.9 Å². The Labute approximate surface area is 184 Å². The molecule has 0 N–H and O–H groups in total. The first-order chi connectivity index (χ1) is 14.7. The fourth-order valence-corrected chi connectivity index (χ4v) is 6.17. The van der Waals surface area contributed by atoms with Crippen LogP contribution in [0.25, 0.3) is 0 Å². The summed E-state index contributed by atoms with van der Waals surface area (Å²) in [5.41, 5.74) is 0. The predicted molar refractivity (Wildman–Crippen MR) is 113 cm³/mol. The van der Waals surface area contributed by atoms with E-state index >= 15 is 0 Å². The summed E-state index contributed by atoms with van der Waals surface area (Å²) in [6, 6.07) is 0. The molecule has 0 radical (unpaired) electrons. The maximum Gasteiger partial charge on any atom is 0.412 e. The van der Waals surface area contributed by atoms with Crippen molar-refractivity contribution in [3.05, 3.63) is 11.9 Å². The van der Waals surface area contributed by atoms with Gasteiger partial charge in [-0.3, -0.25) is 4.79 Å². The summed E-state index contributed by atoms with van der Waals surface area (Å²) in [4.78, 5) is 12.6. The van der Waals surface area contributed by atoms with Gasteiger partial charge in [-0.1, -0.05) is 19.8 Å². The van der Waals surface area contributed by atoms with E-state index in [2.05, 4.69) is 6.92 Å². The minimum atomic E-state index is -4.58. The number of carbonyl (C=O) groups excluding carboxylic acids is 1. The zero-order valence-electron chi connectivity index (χ0n) is 18.8. The number of rotatable bonds is 6. The van der Waals surface area contributed by atoms with Crippen molar-refractivity contribution in [1.82, 2.24) is 0 Å². The van der Waals surface area contributed by atoms with Gasteiger partial charge in [0.15, 0.2) is 0 Å². The molecule has 0 bridgehead atoms. The predicted octanol–water partition coefficient (Wildman–Crippen LogP) is 7.92. The van der Waals surface area contributed by atoms with Gasteiger partial charge in [0.1, 0.15) is 11.9 Å². The molecule has 0 saturated heterocycles. The van der Waals surface area contributed by atoms with E-state index in [0.717, 1.165) is 70.1 Å². The van der Waals surface area contributed by atoms with Crippen molar-refractivity contribution in [2.75, 3.05) is 0 Å². The van der Waals surface area contributed by atoms with Crippen molar-refractivity contribution >= 4 is 5.97 Å². The van der Waals surface area contributed by atoms with Gasteiger partial charge in [0.25, 0.3) is 0 Å². The zero-order valence-corrected chi connectivity index (χ0v) is 18.8. The molecule has 0 aromatic rings. The molecule has 0 aromatic heterocycles. The lowest BCUT2D eigenvalue weighted by atomic mass is 9.70. The molecule has 31 heavy (non-hydrogen) atoms. The summed E-state index contributed by atoms with van der Waals surface area (Å²) in [7, 11) is 0. The largest absolute Gasteiger partial charge is 0.462 e. The summed E-state index contributed by atoms with van der Waals surface area (Å²) in [5.74, 6) is 0.229. The van der Waals surface area contributed by atoms with Gasteiger partial charge < -0.3 is 4.74 Å². The molecular weight excluding hydrogens is 408 g/mol. The smallest absolute Gasteiger partial charge is 0.412 e. The van der Waals surface area contributed by atoms with Gasteiger partial charge in [-0.15, -0.1) is 0 Å². The molecular formula is C25H38F4O2. The number of allylic oxidation sites excluding steroid dienone is 2. The average molecular weight is 447 g/mol. The number of ether oxygens (including phenoxy) is 1. The van der Waals surface area contributed by atoms with Crippen molar-refractivity contribution < 1.29 is 27.1 Å². The van der Waals surface area contributed by atoms with Gasteiger partial charge in [-0.2, -0.15) is 13.2 Å². The van der Waals surface area contributed by atoms with E-state index in [4.69, 9.17) is 4.74 Å². The SMILES string of the molecule is CCCC1CCC(C(=O)OC2CCC(C3CCC(C(F)=CC(F)(F)F)CC3)CC2)CC1. The summed E-state index contributed by atoms with van der Waals surface area (Å²) in [6.07, 6.45) is 8.27. The lowest BCUT2D eigenvalue weighted by Gasteiger charge is -2.37. The van der Waals surface area contributed by atoms with Crippen LogP contribution in [-0.4, -0.2) is 18.2 Å². The quantitative estimate of drug-likeness (QED) is 0.306. The van der Waals surface area contributed by atoms with Crippen LogP contribution in [0, 0.1) is 29.6 Å². The number of alkyl halides is 3. The number of halogens is 4. The second kappa shape index (κ2) is 11.2. The Morgan fingerprint density at radius 1 is 0.839 bits per heavy atom. The standard InChI is InChI=1S/C25H38F4O2/c1-2-3-17-4-6-21(7-5-17)24(30)31-22-14-12-19(13-15-22)18-8-10-20(11-9-18)23(26)16-25(27,28)29/h16-22H,2-15H2,1H3. The van der Waals surface area contributed by atoms with Crippen LogP contribution < -0.4 is 0 Å². The Morgan fingerprint density at radius 2 is 1.35 bits per heavy atom. The molecule has 0 heterocycles. The topological polar surface area (TPSA) is 26.3 Å². The van der Waals surface area contributed by atoms with Crippen LogP contribution in [0.5, 0.6) is 0 Å². The molecule has 0 unspecified atom stereocenters. The van der Waals surface area contributed by atoms with E-state index in [0.29, 0.717) is 24.7 Å². The minimum absolute atomic E-state index is 0.00849. The van der Waals surface area contributed by atoms with Crippen LogP contribution in [0.3, 0.4) is 0 Å². The molecule has 6 heteroatoms. The number of esters is 1. The van der Waals surface area contributed by atoms with E-state index in [1.54, 1.807) is 0 Å². The van der Waals surface area contributed by atoms with Crippen LogP contribution in [0.4, 0.5) is 17.6 Å². The highest BCUT2D eigenvalue weighted by molar-refractivity contribution is 5.72. The monoisotopic (exact) mass is 446 g/mol. The van der Waals surface area contributed by atoms with E-state index in [1.807, 2.05) is 0 Å². The third kappa shape index (κ3) is 7.49. The van der Waals surface area contributed by atoms with Crippen molar-refractivity contribution in [3.63, 3.8) is 0 Å². The Bertz CT molecular complexity index is 591. The van der Waals surface area contributed by atoms with Crippen LogP contribution in [0.1, 0.15) is 96.8 Å². The van der Waals surface area contributed by atoms with Gasteiger partial charge in [0.2, 0.25) is 0 Å². The summed E-state index contributed by atoms with van der Waals surface area (Å²) in [5, 5.41) is 0. The third-order valence-electron chi connectivity index (χ3n) is 8.01. The van der Waals surface area contributed by atoms with Crippen LogP contribution >= 0.6 is 0 Å². The Kier molecular flexibility index (Phi) is 8.86. The highest BCUT2D eigenvalue weighted by Crippen LogP contribution is 2.43. The van der Waals surface area contributed by atoms with Gasteiger partial charge in [0.05, 0.1) is 12.0 Å². The second-order valence-corrected chi connectivity index (χ2v) is 10.2. The normalized spacial score (nSPS) is 35.6. The van der Waals surface area contributed by atoms with Gasteiger partial charge in [-0.25, -0.2) is 4.39 Å². The molecule has 0 aromatic carbocycles. The van der Waals surface area contributed by atoms with E-state index in [1.165, 1.54) is 12.8 Å². The Morgan fingerprint density at radius 3 is 1.87 bits per heavy atom. The molecule has 0 aliphatic heterocycles. The molecule has 2 nitrogen and oxygen atoms in total. The summed E-state index contributed by atoms with van der Waals surface area (Å²) >= 11 is 0. The van der Waals surface area contributed by atoms with Crippen molar-refractivity contribution in [2.45, 2.75) is 109 Å². The Hall–Kier alpha value is -1.07. The lowest BCUT2D eigenvalue weighted by Crippen LogP contribution is -2.32. The first-order valence-electron chi connectivity index (χ1n) is 12.4. The molecule has 0 atom stereocenters. The minimum Gasteiger partial charge on any atom is -0.462 e. The van der Waals surface area contributed by atoms with Crippen LogP contribution in [-0.2, 0) is 9.53 Å². The average Bonchev–Trinajstić information content (AvgIpc) is 2.74. The first kappa shape index (κ1) is 24.6. The van der Waals surface area contributed by atoms with Crippen LogP contribution in [0.2, 0.25) is 0 Å². The highest BCUT2D eigenvalue weighted by Gasteiger charge is 2.35. The van der Waals surface area contributed by atoms with Gasteiger partial charge in [-0.05, 0) is 94.8 Å². The number of carbonyl (C=O) groups is 1. The molecule has 3 aliphatic carbocycles. The molecule has 0 amide bonds. The molecule has 3 rings (SSSR count). The van der Waals surface area contributed by atoms with Crippen molar-refractivity contribution in [2.24, 2.45) is 29.6 Å². The fourth-order valence-electron chi connectivity index (χ4n) is 6.17. The summed E-state index contributed by atoms with van der Waals surface area (Å²) < 4.78 is 56.8. The lowest BCUT2D eigenvalue weighted by molar-refractivity contribution is -0.157. The van der Waals surface area contributed by atoms with Gasteiger partial charge >= 0.3 is 12.1 Å². The zero-order chi connectivity index (χ0) is 22.4. The molecule has 3 aliphatic rings. The first-order valence-corrected chi connectivity index (χ1v) is 12.4. The second-order valence-electron chi connectivity index (χ2n) is 10.2. The van der Waals surface area contributed by atoms with E-state index in [-0.39, 0.29) is 24.1 Å².